The van der Waals surface area contributed by atoms with E-state index >= 15 is 0 Å². The summed E-state index contributed by atoms with van der Waals surface area (Å²) in [5, 5.41) is 11.0. The van der Waals surface area contributed by atoms with Crippen LogP contribution < -0.4 is 0 Å². The molecule has 5 nitrogen and oxygen atoms in total. The number of hydrogen-bond acceptors (Lipinski definition) is 4. The molecule has 1 aromatic rings. The van der Waals surface area contributed by atoms with Crippen LogP contribution in [0.1, 0.15) is 11.1 Å². The van der Waals surface area contributed by atoms with Gasteiger partial charge >= 0.3 is 0 Å². The first-order valence-corrected chi connectivity index (χ1v) is 5.57. The molecule has 1 aliphatic heterocycles. The lowest BCUT2D eigenvalue weighted by molar-refractivity contribution is -0.386. The number of nitrogens with zero attached hydrogens (tertiary/aromatic N) is 2. The molecule has 1 aromatic carbocycles. The minimum Gasteiger partial charge on any atom is -0.379 e. The Morgan fingerprint density at radius 1 is 1.41 bits per heavy atom. The van der Waals surface area contributed by atoms with Gasteiger partial charge in [0, 0.05) is 30.8 Å². The Hall–Kier alpha value is -1.46. The highest BCUT2D eigenvalue weighted by atomic mass is 16.6. The molecular weight excluding hydrogens is 220 g/mol. The topological polar surface area (TPSA) is 55.6 Å². The van der Waals surface area contributed by atoms with Gasteiger partial charge in [-0.15, -0.1) is 0 Å². The zero-order valence-corrected chi connectivity index (χ0v) is 9.59. The zero-order chi connectivity index (χ0) is 12.3. The van der Waals surface area contributed by atoms with Crippen molar-refractivity contribution in [1.29, 1.82) is 0 Å². The van der Waals surface area contributed by atoms with Crippen LogP contribution in [0, 0.1) is 17.0 Å². The molecule has 1 heterocycles. The molecule has 0 aromatic heterocycles. The predicted octanol–water partition coefficient (Wildman–Crippen LogP) is 1.61. The van der Waals surface area contributed by atoms with Gasteiger partial charge in [0.25, 0.3) is 5.69 Å². The average molecular weight is 235 g/mol. The third kappa shape index (κ3) is 2.81. The monoisotopic (exact) mass is 235 g/mol. The van der Waals surface area contributed by atoms with E-state index in [0.29, 0.717) is 25.3 Å². The molecule has 0 spiro atoms. The maximum Gasteiger partial charge on any atom is 0.277 e. The zero-order valence-electron chi connectivity index (χ0n) is 9.59. The fourth-order valence-electron chi connectivity index (χ4n) is 2.01. The molecule has 0 amide bonds. The number of hydrogen-bond donors (Lipinski definition) is 0. The number of morpholine rings is 1. The molecule has 2 rings (SSSR count). The van der Waals surface area contributed by atoms with E-state index in [9.17, 15) is 10.1 Å². The summed E-state index contributed by atoms with van der Waals surface area (Å²) in [6.07, 6.45) is 0. The third-order valence-corrected chi connectivity index (χ3v) is 2.88. The Labute approximate surface area is 100 Å². The van der Waals surface area contributed by atoms with Gasteiger partial charge in [0.05, 0.1) is 18.1 Å². The summed E-state index contributed by atoms with van der Waals surface area (Å²) in [6, 6.07) is 5.27. The van der Waals surface area contributed by atoms with Crippen LogP contribution in [0.3, 0.4) is 0 Å². The van der Waals surface area contributed by atoms with Gasteiger partial charge in [-0.25, -0.2) is 0 Å². The van der Waals surface area contributed by atoms with E-state index in [4.69, 9.17) is 4.74 Å². The Kier molecular flexibility index (Phi) is 3.71. The Bertz CT molecular complexity index is 414. The van der Waals surface area contributed by atoms with Crippen LogP contribution in [0.4, 0.5) is 5.69 Å². The van der Waals surface area contributed by atoms with Gasteiger partial charge in [0.15, 0.2) is 0 Å². The van der Waals surface area contributed by atoms with Crippen molar-refractivity contribution in [2.24, 2.45) is 0 Å². The standard InChI is InChI=1S/C12H15N2O3/c1-10-3-2-4-11(12(10)14(15)16)9-13-5-7-17-8-6-13/h2-4H,1,5-9H2. The molecular formula is C12H15N2O3. The van der Waals surface area contributed by atoms with Gasteiger partial charge in [-0.2, -0.15) is 0 Å². The maximum absolute atomic E-state index is 11.0. The van der Waals surface area contributed by atoms with Crippen LogP contribution in [0.25, 0.3) is 0 Å². The number of benzene rings is 1. The van der Waals surface area contributed by atoms with E-state index in [1.165, 1.54) is 0 Å². The number of nitro groups is 1. The SMILES string of the molecule is [CH2]c1cccc(CN2CCOCC2)c1[N+](=O)[O-]. The van der Waals surface area contributed by atoms with E-state index < -0.39 is 0 Å². The smallest absolute Gasteiger partial charge is 0.277 e. The molecule has 17 heavy (non-hydrogen) atoms. The fourth-order valence-corrected chi connectivity index (χ4v) is 2.01. The van der Waals surface area contributed by atoms with Crippen molar-refractivity contribution in [2.45, 2.75) is 6.54 Å². The van der Waals surface area contributed by atoms with Crippen LogP contribution >= 0.6 is 0 Å². The maximum atomic E-state index is 11.0. The van der Waals surface area contributed by atoms with E-state index in [1.54, 1.807) is 12.1 Å². The summed E-state index contributed by atoms with van der Waals surface area (Å²) in [7, 11) is 0. The van der Waals surface area contributed by atoms with Crippen LogP contribution in [-0.2, 0) is 11.3 Å². The van der Waals surface area contributed by atoms with Crippen molar-refractivity contribution in [3.8, 4) is 0 Å². The quantitative estimate of drug-likeness (QED) is 0.590. The predicted molar refractivity (Wildman–Crippen MR) is 63.7 cm³/mol. The molecule has 1 radical (unpaired) electrons. The van der Waals surface area contributed by atoms with Crippen molar-refractivity contribution in [3.63, 3.8) is 0 Å². The van der Waals surface area contributed by atoms with Gasteiger partial charge in [0.1, 0.15) is 0 Å². The van der Waals surface area contributed by atoms with Crippen LogP contribution in [0.5, 0.6) is 0 Å². The van der Waals surface area contributed by atoms with Crippen LogP contribution in [-0.4, -0.2) is 36.1 Å². The molecule has 0 atom stereocenters. The van der Waals surface area contributed by atoms with Gasteiger partial charge in [-0.05, 0) is 6.92 Å². The van der Waals surface area contributed by atoms with Crippen molar-refractivity contribution in [2.75, 3.05) is 26.3 Å². The Morgan fingerprint density at radius 3 is 2.76 bits per heavy atom. The molecule has 0 aliphatic carbocycles. The largest absolute Gasteiger partial charge is 0.379 e. The molecule has 0 bridgehead atoms. The van der Waals surface area contributed by atoms with Gasteiger partial charge in [0.2, 0.25) is 0 Å². The first kappa shape index (κ1) is 12.0. The summed E-state index contributed by atoms with van der Waals surface area (Å²) in [6.45, 7) is 7.32. The number of nitro benzene ring substituents is 1. The van der Waals surface area contributed by atoms with Crippen molar-refractivity contribution in [1.82, 2.24) is 4.90 Å². The minimum absolute atomic E-state index is 0.138. The summed E-state index contributed by atoms with van der Waals surface area (Å²) in [5.74, 6) is 0. The lowest BCUT2D eigenvalue weighted by Gasteiger charge is -2.26. The van der Waals surface area contributed by atoms with Gasteiger partial charge in [-0.3, -0.25) is 15.0 Å². The second-order valence-corrected chi connectivity index (χ2v) is 4.07. The fraction of sp³-hybridized carbons (Fsp3) is 0.417. The lowest BCUT2D eigenvalue weighted by Crippen LogP contribution is -2.35. The molecule has 1 aliphatic rings. The van der Waals surface area contributed by atoms with Gasteiger partial charge in [-0.1, -0.05) is 18.2 Å². The van der Waals surface area contributed by atoms with Gasteiger partial charge < -0.3 is 4.74 Å². The summed E-state index contributed by atoms with van der Waals surface area (Å²) in [5.41, 5.74) is 1.34. The van der Waals surface area contributed by atoms with Crippen molar-refractivity contribution < 1.29 is 9.66 Å². The summed E-state index contributed by atoms with van der Waals surface area (Å²) >= 11 is 0. The minimum atomic E-state index is -0.349. The molecule has 0 saturated carbocycles. The normalized spacial score (nSPS) is 17.0. The highest BCUT2D eigenvalue weighted by Gasteiger charge is 2.19. The lowest BCUT2D eigenvalue weighted by atomic mass is 10.1. The Balaban J connectivity index is 2.19. The first-order chi connectivity index (χ1) is 8.18. The highest BCUT2D eigenvalue weighted by molar-refractivity contribution is 5.49. The van der Waals surface area contributed by atoms with E-state index in [0.717, 1.165) is 18.7 Å². The van der Waals surface area contributed by atoms with Crippen LogP contribution in [0.2, 0.25) is 0 Å². The van der Waals surface area contributed by atoms with Crippen LogP contribution in [0.15, 0.2) is 18.2 Å². The van der Waals surface area contributed by atoms with Crippen molar-refractivity contribution in [3.05, 3.63) is 46.4 Å². The molecule has 1 saturated heterocycles. The first-order valence-electron chi connectivity index (χ1n) is 5.57. The average Bonchev–Trinajstić information content (AvgIpc) is 2.30. The molecule has 5 heteroatoms. The number of ether oxygens (including phenoxy) is 1. The molecule has 91 valence electrons. The Morgan fingerprint density at radius 2 is 2.12 bits per heavy atom. The van der Waals surface area contributed by atoms with E-state index in [2.05, 4.69) is 11.8 Å². The third-order valence-electron chi connectivity index (χ3n) is 2.88. The van der Waals surface area contributed by atoms with E-state index in [-0.39, 0.29) is 10.6 Å². The molecule has 0 N–H and O–H groups in total. The number of para-hydroxylation sites is 1. The van der Waals surface area contributed by atoms with E-state index in [1.807, 2.05) is 6.07 Å². The summed E-state index contributed by atoms with van der Waals surface area (Å²) in [4.78, 5) is 12.8. The highest BCUT2D eigenvalue weighted by Crippen LogP contribution is 2.24. The second kappa shape index (κ2) is 5.25. The second-order valence-electron chi connectivity index (χ2n) is 4.07. The molecule has 1 fully saturated rings. The summed E-state index contributed by atoms with van der Waals surface area (Å²) < 4.78 is 5.25. The molecule has 0 unspecified atom stereocenters. The number of rotatable bonds is 3. The van der Waals surface area contributed by atoms with Crippen molar-refractivity contribution >= 4 is 5.69 Å².